The Balaban J connectivity index is 1.78. The van der Waals surface area contributed by atoms with Gasteiger partial charge in [0.2, 0.25) is 5.91 Å². The van der Waals surface area contributed by atoms with Crippen LogP contribution in [0.5, 0.6) is 0 Å². The van der Waals surface area contributed by atoms with Crippen molar-refractivity contribution in [3.05, 3.63) is 63.9 Å². The van der Waals surface area contributed by atoms with E-state index in [-0.39, 0.29) is 17.2 Å². The molecule has 0 bridgehead atoms. The molecule has 0 radical (unpaired) electrons. The number of aryl methyl sites for hydroxylation is 2. The Morgan fingerprint density at radius 1 is 1.10 bits per heavy atom. The number of hydrogen-bond donors (Lipinski definition) is 1. The minimum atomic E-state index is -0.103. The van der Waals surface area contributed by atoms with E-state index in [1.165, 1.54) is 11.8 Å². The van der Waals surface area contributed by atoms with Gasteiger partial charge in [-0.15, -0.1) is 0 Å². The molecule has 158 valence electrons. The van der Waals surface area contributed by atoms with Gasteiger partial charge >= 0.3 is 0 Å². The number of hydrogen-bond acceptors (Lipinski definition) is 4. The Kier molecular flexibility index (Phi) is 7.69. The molecule has 0 spiro atoms. The zero-order valence-corrected chi connectivity index (χ0v) is 18.7. The number of thioether (sulfide) groups is 1. The maximum Gasteiger partial charge on any atom is 0.262 e. The van der Waals surface area contributed by atoms with E-state index >= 15 is 0 Å². The molecular formula is C24H29N3O2S. The van der Waals surface area contributed by atoms with E-state index in [0.29, 0.717) is 22.6 Å². The normalized spacial score (nSPS) is 11.0. The molecule has 0 aliphatic rings. The number of amides is 1. The Labute approximate surface area is 181 Å². The number of unbranched alkanes of at least 4 members (excludes halogenated alkanes) is 3. The second-order valence-corrected chi connectivity index (χ2v) is 8.53. The highest BCUT2D eigenvalue weighted by atomic mass is 32.2. The van der Waals surface area contributed by atoms with Crippen molar-refractivity contribution in [1.29, 1.82) is 0 Å². The molecule has 3 rings (SSSR count). The molecule has 1 amide bonds. The lowest BCUT2D eigenvalue weighted by molar-refractivity contribution is -0.113. The van der Waals surface area contributed by atoms with Crippen molar-refractivity contribution in [2.45, 2.75) is 58.2 Å². The van der Waals surface area contributed by atoms with Gasteiger partial charge in [0.05, 0.1) is 16.7 Å². The number of aromatic nitrogens is 2. The van der Waals surface area contributed by atoms with Crippen molar-refractivity contribution in [2.24, 2.45) is 0 Å². The van der Waals surface area contributed by atoms with Gasteiger partial charge in [-0.2, -0.15) is 0 Å². The number of nitrogens with one attached hydrogen (secondary N) is 1. The summed E-state index contributed by atoms with van der Waals surface area (Å²) in [6.07, 6.45) is 4.30. The number of anilines is 1. The minimum absolute atomic E-state index is 0.0328. The summed E-state index contributed by atoms with van der Waals surface area (Å²) < 4.78 is 1.73. The molecule has 0 saturated carbocycles. The van der Waals surface area contributed by atoms with Crippen LogP contribution in [-0.4, -0.2) is 21.2 Å². The number of fused-ring (bicyclic) bond motifs is 1. The monoisotopic (exact) mass is 423 g/mol. The lowest BCUT2D eigenvalue weighted by Crippen LogP contribution is -2.24. The topological polar surface area (TPSA) is 64.0 Å². The summed E-state index contributed by atoms with van der Waals surface area (Å²) in [5.74, 6) is 0.0984. The van der Waals surface area contributed by atoms with E-state index in [9.17, 15) is 9.59 Å². The van der Waals surface area contributed by atoms with Crippen molar-refractivity contribution in [1.82, 2.24) is 9.55 Å². The molecule has 1 N–H and O–H groups in total. The SMILES string of the molecule is CCCCCCn1c(SCC(=O)Nc2cc(C)ccc2C)nc2ccccc2c1=O. The van der Waals surface area contributed by atoms with Crippen LogP contribution < -0.4 is 10.9 Å². The Hall–Kier alpha value is -2.60. The van der Waals surface area contributed by atoms with E-state index in [1.54, 1.807) is 4.57 Å². The fraction of sp³-hybridized carbons (Fsp3) is 0.375. The summed E-state index contributed by atoms with van der Waals surface area (Å²) in [5.41, 5.74) is 3.58. The summed E-state index contributed by atoms with van der Waals surface area (Å²) in [6.45, 7) is 6.76. The maximum absolute atomic E-state index is 13.0. The van der Waals surface area contributed by atoms with Crippen LogP contribution in [0, 0.1) is 13.8 Å². The molecule has 1 heterocycles. The Morgan fingerprint density at radius 3 is 2.70 bits per heavy atom. The predicted octanol–water partition coefficient (Wildman–Crippen LogP) is 5.32. The first-order valence-corrected chi connectivity index (χ1v) is 11.5. The second-order valence-electron chi connectivity index (χ2n) is 7.58. The third-order valence-electron chi connectivity index (χ3n) is 5.06. The first-order valence-electron chi connectivity index (χ1n) is 10.5. The number of carbonyl (C=O) groups excluding carboxylic acids is 1. The summed E-state index contributed by atoms with van der Waals surface area (Å²) in [4.78, 5) is 30.3. The average Bonchev–Trinajstić information content (AvgIpc) is 2.74. The van der Waals surface area contributed by atoms with Gasteiger partial charge in [0.15, 0.2) is 5.16 Å². The molecule has 0 unspecified atom stereocenters. The molecule has 30 heavy (non-hydrogen) atoms. The first-order chi connectivity index (χ1) is 14.5. The van der Waals surface area contributed by atoms with E-state index < -0.39 is 0 Å². The van der Waals surface area contributed by atoms with Gasteiger partial charge in [-0.3, -0.25) is 14.2 Å². The largest absolute Gasteiger partial charge is 0.325 e. The van der Waals surface area contributed by atoms with Gasteiger partial charge in [0, 0.05) is 12.2 Å². The number of para-hydroxylation sites is 1. The maximum atomic E-state index is 13.0. The van der Waals surface area contributed by atoms with E-state index in [4.69, 9.17) is 4.98 Å². The molecule has 0 aliphatic carbocycles. The summed E-state index contributed by atoms with van der Waals surface area (Å²) in [6, 6.07) is 13.4. The third-order valence-corrected chi connectivity index (χ3v) is 6.04. The van der Waals surface area contributed by atoms with Gasteiger partial charge < -0.3 is 5.32 Å². The number of rotatable bonds is 9. The standard InChI is InChI=1S/C24H29N3O2S/c1-4-5-6-9-14-27-23(29)19-10-7-8-11-20(19)26-24(27)30-16-22(28)25-21-15-17(2)12-13-18(21)3/h7-8,10-13,15H,4-6,9,14,16H2,1-3H3,(H,25,28). The number of benzene rings is 2. The molecule has 0 fully saturated rings. The van der Waals surface area contributed by atoms with Crippen LogP contribution in [0.3, 0.4) is 0 Å². The first kappa shape index (κ1) is 22.1. The van der Waals surface area contributed by atoms with Gasteiger partial charge in [0.1, 0.15) is 0 Å². The number of carbonyl (C=O) groups is 1. The average molecular weight is 424 g/mol. The van der Waals surface area contributed by atoms with Gasteiger partial charge in [0.25, 0.3) is 5.56 Å². The smallest absolute Gasteiger partial charge is 0.262 e. The quantitative estimate of drug-likeness (QED) is 0.287. The lowest BCUT2D eigenvalue weighted by atomic mass is 10.1. The van der Waals surface area contributed by atoms with Crippen molar-refractivity contribution in [3.63, 3.8) is 0 Å². The van der Waals surface area contributed by atoms with Gasteiger partial charge in [-0.25, -0.2) is 4.98 Å². The summed E-state index contributed by atoms with van der Waals surface area (Å²) in [7, 11) is 0. The fourth-order valence-electron chi connectivity index (χ4n) is 3.34. The minimum Gasteiger partial charge on any atom is -0.325 e. The molecule has 3 aromatic rings. The zero-order chi connectivity index (χ0) is 21.5. The second kappa shape index (κ2) is 10.4. The molecule has 0 atom stereocenters. The molecule has 0 saturated heterocycles. The van der Waals surface area contributed by atoms with Crippen LogP contribution >= 0.6 is 11.8 Å². The molecule has 1 aromatic heterocycles. The summed E-state index contributed by atoms with van der Waals surface area (Å²) >= 11 is 1.32. The van der Waals surface area contributed by atoms with Crippen molar-refractivity contribution >= 4 is 34.3 Å². The van der Waals surface area contributed by atoms with Gasteiger partial charge in [-0.05, 0) is 49.6 Å². The molecule has 5 nitrogen and oxygen atoms in total. The van der Waals surface area contributed by atoms with Crippen LogP contribution in [0.2, 0.25) is 0 Å². The van der Waals surface area contributed by atoms with Crippen LogP contribution in [0.4, 0.5) is 5.69 Å². The Morgan fingerprint density at radius 2 is 1.90 bits per heavy atom. The van der Waals surface area contributed by atoms with Crippen LogP contribution in [0.15, 0.2) is 52.4 Å². The predicted molar refractivity (Wildman–Crippen MR) is 125 cm³/mol. The highest BCUT2D eigenvalue weighted by Crippen LogP contribution is 2.21. The lowest BCUT2D eigenvalue weighted by Gasteiger charge is -2.13. The Bertz CT molecular complexity index is 1090. The number of nitrogens with zero attached hydrogens (tertiary/aromatic N) is 2. The van der Waals surface area contributed by atoms with Crippen molar-refractivity contribution < 1.29 is 4.79 Å². The van der Waals surface area contributed by atoms with E-state index in [2.05, 4.69) is 12.2 Å². The van der Waals surface area contributed by atoms with Crippen LogP contribution in [0.25, 0.3) is 10.9 Å². The van der Waals surface area contributed by atoms with Crippen LogP contribution in [0.1, 0.15) is 43.7 Å². The highest BCUT2D eigenvalue weighted by Gasteiger charge is 2.13. The van der Waals surface area contributed by atoms with Gasteiger partial charge in [-0.1, -0.05) is 62.2 Å². The fourth-order valence-corrected chi connectivity index (χ4v) is 4.16. The van der Waals surface area contributed by atoms with Crippen LogP contribution in [-0.2, 0) is 11.3 Å². The van der Waals surface area contributed by atoms with Crippen molar-refractivity contribution in [2.75, 3.05) is 11.1 Å². The zero-order valence-electron chi connectivity index (χ0n) is 17.9. The molecular weight excluding hydrogens is 394 g/mol. The van der Waals surface area contributed by atoms with E-state index in [1.807, 2.05) is 56.3 Å². The molecule has 0 aliphatic heterocycles. The van der Waals surface area contributed by atoms with Crippen molar-refractivity contribution in [3.8, 4) is 0 Å². The third kappa shape index (κ3) is 5.51. The van der Waals surface area contributed by atoms with E-state index in [0.717, 1.165) is 42.5 Å². The summed E-state index contributed by atoms with van der Waals surface area (Å²) in [5, 5.41) is 4.20. The molecule has 2 aromatic carbocycles. The highest BCUT2D eigenvalue weighted by molar-refractivity contribution is 7.99. The molecule has 6 heteroatoms.